The number of piperidine rings is 1. The van der Waals surface area contributed by atoms with Crippen molar-refractivity contribution in [3.05, 3.63) is 0 Å². The third kappa shape index (κ3) is 3.94. The largest absolute Gasteiger partial charge is 0.379 e. The van der Waals surface area contributed by atoms with Crippen LogP contribution in [0, 0.1) is 0 Å². The average Bonchev–Trinajstić information content (AvgIpc) is 2.55. The van der Waals surface area contributed by atoms with Crippen LogP contribution in [-0.2, 0) is 14.3 Å². The lowest BCUT2D eigenvalue weighted by Gasteiger charge is -2.39. The highest BCUT2D eigenvalue weighted by atomic mass is 16.5. The molecule has 2 rings (SSSR count). The van der Waals surface area contributed by atoms with Gasteiger partial charge in [0.2, 0.25) is 0 Å². The predicted octanol–water partition coefficient (Wildman–Crippen LogP) is -0.0196. The first kappa shape index (κ1) is 16.7. The van der Waals surface area contributed by atoms with Crippen molar-refractivity contribution in [2.24, 2.45) is 0 Å². The van der Waals surface area contributed by atoms with Gasteiger partial charge in [0.1, 0.15) is 5.60 Å². The van der Waals surface area contributed by atoms with Gasteiger partial charge in [-0.2, -0.15) is 0 Å². The number of hydrogen-bond donors (Lipinski definition) is 2. The second-order valence-electron chi connectivity index (χ2n) is 6.10. The Labute approximate surface area is 127 Å². The molecule has 0 radical (unpaired) electrons. The van der Waals surface area contributed by atoms with E-state index in [1.165, 1.54) is 0 Å². The van der Waals surface area contributed by atoms with E-state index < -0.39 is 5.60 Å². The van der Waals surface area contributed by atoms with E-state index in [2.05, 4.69) is 29.4 Å². The molecule has 21 heavy (non-hydrogen) atoms. The molecule has 2 heterocycles. The number of hydrogen-bond acceptors (Lipinski definition) is 5. The van der Waals surface area contributed by atoms with Crippen molar-refractivity contribution in [1.82, 2.24) is 15.5 Å². The lowest BCUT2D eigenvalue weighted by atomic mass is 9.90. The molecule has 0 aromatic rings. The Balaban J connectivity index is 1.90. The van der Waals surface area contributed by atoms with E-state index in [1.807, 2.05) is 0 Å². The molecule has 2 fully saturated rings. The molecule has 0 aromatic heterocycles. The third-order valence-electron chi connectivity index (χ3n) is 4.92. The Kier molecular flexibility index (Phi) is 5.98. The van der Waals surface area contributed by atoms with Gasteiger partial charge in [0.25, 0.3) is 5.91 Å². The second kappa shape index (κ2) is 7.54. The smallest absolute Gasteiger partial charge is 0.252 e. The number of nitrogens with one attached hydrogen (secondary N) is 2. The molecule has 0 aromatic carbocycles. The van der Waals surface area contributed by atoms with E-state index in [4.69, 9.17) is 9.47 Å². The number of amides is 1. The summed E-state index contributed by atoms with van der Waals surface area (Å²) in [5.74, 6) is 0.0270. The first-order valence-corrected chi connectivity index (χ1v) is 7.98. The van der Waals surface area contributed by atoms with Gasteiger partial charge in [-0.3, -0.25) is 9.69 Å². The van der Waals surface area contributed by atoms with Crippen LogP contribution in [0.15, 0.2) is 0 Å². The quantitative estimate of drug-likeness (QED) is 0.747. The van der Waals surface area contributed by atoms with Crippen molar-refractivity contribution in [3.63, 3.8) is 0 Å². The summed E-state index contributed by atoms with van der Waals surface area (Å²) < 4.78 is 11.0. The van der Waals surface area contributed by atoms with E-state index in [0.717, 1.165) is 52.2 Å². The van der Waals surface area contributed by atoms with Crippen molar-refractivity contribution < 1.29 is 14.3 Å². The molecule has 2 atom stereocenters. The summed E-state index contributed by atoms with van der Waals surface area (Å²) in [5.41, 5.74) is -0.662. The minimum atomic E-state index is -0.662. The minimum absolute atomic E-state index is 0.0270. The minimum Gasteiger partial charge on any atom is -0.379 e. The monoisotopic (exact) mass is 299 g/mol. The zero-order chi connectivity index (χ0) is 15.3. The Bertz CT molecular complexity index is 339. The molecule has 2 saturated heterocycles. The van der Waals surface area contributed by atoms with Crippen molar-refractivity contribution in [1.29, 1.82) is 0 Å². The number of carbonyl (C=O) groups excluding carboxylic acids is 1. The van der Waals surface area contributed by atoms with E-state index >= 15 is 0 Å². The van der Waals surface area contributed by atoms with Gasteiger partial charge < -0.3 is 20.1 Å². The van der Waals surface area contributed by atoms with Crippen LogP contribution < -0.4 is 10.6 Å². The molecule has 0 aliphatic carbocycles. The third-order valence-corrected chi connectivity index (χ3v) is 4.92. The van der Waals surface area contributed by atoms with Gasteiger partial charge in [-0.05, 0) is 39.8 Å². The van der Waals surface area contributed by atoms with Gasteiger partial charge in [-0.15, -0.1) is 0 Å². The Morgan fingerprint density at radius 2 is 1.90 bits per heavy atom. The van der Waals surface area contributed by atoms with Gasteiger partial charge in [-0.1, -0.05) is 0 Å². The van der Waals surface area contributed by atoms with Gasteiger partial charge >= 0.3 is 0 Å². The maximum atomic E-state index is 12.6. The molecule has 2 N–H and O–H groups in total. The normalized spacial score (nSPS) is 26.0. The Morgan fingerprint density at radius 1 is 1.29 bits per heavy atom. The summed E-state index contributed by atoms with van der Waals surface area (Å²) >= 11 is 0. The van der Waals surface area contributed by atoms with E-state index in [0.29, 0.717) is 6.04 Å². The number of rotatable bonds is 5. The SMILES string of the molecule is COC1(C(=O)NC(C)C(C)N2CCOCC2)CCNCC1. The highest BCUT2D eigenvalue weighted by molar-refractivity contribution is 5.85. The number of carbonyl (C=O) groups is 1. The summed E-state index contributed by atoms with van der Waals surface area (Å²) in [6.45, 7) is 9.31. The summed E-state index contributed by atoms with van der Waals surface area (Å²) in [4.78, 5) is 15.0. The Morgan fingerprint density at radius 3 is 2.48 bits per heavy atom. The van der Waals surface area contributed by atoms with Crippen LogP contribution in [0.2, 0.25) is 0 Å². The topological polar surface area (TPSA) is 62.8 Å². The van der Waals surface area contributed by atoms with Crippen LogP contribution in [0.4, 0.5) is 0 Å². The van der Waals surface area contributed by atoms with Crippen molar-refractivity contribution in [2.45, 2.75) is 44.4 Å². The summed E-state index contributed by atoms with van der Waals surface area (Å²) in [5, 5.41) is 6.44. The summed E-state index contributed by atoms with van der Waals surface area (Å²) in [6.07, 6.45) is 1.46. The number of nitrogens with zero attached hydrogens (tertiary/aromatic N) is 1. The standard InChI is InChI=1S/C15H29N3O3/c1-12(13(2)18-8-10-21-11-9-18)17-14(19)15(20-3)4-6-16-7-5-15/h12-13,16H,4-11H2,1-3H3,(H,17,19). The molecule has 0 spiro atoms. The molecular formula is C15H29N3O3. The zero-order valence-electron chi connectivity index (χ0n) is 13.5. The number of morpholine rings is 1. The first-order chi connectivity index (χ1) is 10.1. The highest BCUT2D eigenvalue weighted by Crippen LogP contribution is 2.23. The van der Waals surface area contributed by atoms with Crippen LogP contribution in [0.5, 0.6) is 0 Å². The molecular weight excluding hydrogens is 270 g/mol. The molecule has 2 aliphatic rings. The lowest BCUT2D eigenvalue weighted by Crippen LogP contribution is -2.59. The van der Waals surface area contributed by atoms with Crippen LogP contribution in [0.1, 0.15) is 26.7 Å². The predicted molar refractivity (Wildman–Crippen MR) is 81.3 cm³/mol. The maximum absolute atomic E-state index is 12.6. The molecule has 122 valence electrons. The van der Waals surface area contributed by atoms with Crippen LogP contribution >= 0.6 is 0 Å². The zero-order valence-corrected chi connectivity index (χ0v) is 13.5. The van der Waals surface area contributed by atoms with Crippen LogP contribution in [-0.4, -0.2) is 75.0 Å². The number of methoxy groups -OCH3 is 1. The lowest BCUT2D eigenvalue weighted by molar-refractivity contribution is -0.148. The highest BCUT2D eigenvalue weighted by Gasteiger charge is 2.40. The van der Waals surface area contributed by atoms with Crippen molar-refractivity contribution in [3.8, 4) is 0 Å². The van der Waals surface area contributed by atoms with E-state index in [1.54, 1.807) is 7.11 Å². The molecule has 2 unspecified atom stereocenters. The molecule has 0 bridgehead atoms. The van der Waals surface area contributed by atoms with Gasteiger partial charge in [0, 0.05) is 32.3 Å². The van der Waals surface area contributed by atoms with Crippen molar-refractivity contribution >= 4 is 5.91 Å². The average molecular weight is 299 g/mol. The summed E-state index contributed by atoms with van der Waals surface area (Å²) in [7, 11) is 1.64. The van der Waals surface area contributed by atoms with Gasteiger partial charge in [0.05, 0.1) is 13.2 Å². The molecule has 1 amide bonds. The Hall–Kier alpha value is -0.690. The maximum Gasteiger partial charge on any atom is 0.252 e. The first-order valence-electron chi connectivity index (χ1n) is 7.98. The molecule has 6 nitrogen and oxygen atoms in total. The van der Waals surface area contributed by atoms with E-state index in [-0.39, 0.29) is 11.9 Å². The van der Waals surface area contributed by atoms with Crippen molar-refractivity contribution in [2.75, 3.05) is 46.5 Å². The summed E-state index contributed by atoms with van der Waals surface area (Å²) in [6, 6.07) is 0.394. The fourth-order valence-corrected chi connectivity index (χ4v) is 3.11. The molecule has 2 aliphatic heterocycles. The molecule has 0 saturated carbocycles. The van der Waals surface area contributed by atoms with Crippen LogP contribution in [0.3, 0.4) is 0 Å². The van der Waals surface area contributed by atoms with Gasteiger partial charge in [-0.25, -0.2) is 0 Å². The molecule has 6 heteroatoms. The second-order valence-corrected chi connectivity index (χ2v) is 6.10. The fourth-order valence-electron chi connectivity index (χ4n) is 3.11. The van der Waals surface area contributed by atoms with Gasteiger partial charge in [0.15, 0.2) is 0 Å². The van der Waals surface area contributed by atoms with Crippen LogP contribution in [0.25, 0.3) is 0 Å². The van der Waals surface area contributed by atoms with E-state index in [9.17, 15) is 4.79 Å². The number of ether oxygens (including phenoxy) is 2. The fraction of sp³-hybridized carbons (Fsp3) is 0.933.